The summed E-state index contributed by atoms with van der Waals surface area (Å²) in [6.07, 6.45) is 0.751. The molecule has 2 N–H and O–H groups in total. The van der Waals surface area contributed by atoms with Crippen LogP contribution in [0.25, 0.3) is 20.4 Å². The number of hydrogen-bond acceptors (Lipinski definition) is 11. The van der Waals surface area contributed by atoms with Gasteiger partial charge >= 0.3 is 0 Å². The van der Waals surface area contributed by atoms with E-state index < -0.39 is 0 Å². The van der Waals surface area contributed by atoms with Crippen LogP contribution in [0.3, 0.4) is 0 Å². The molecule has 5 rings (SSSR count). The second kappa shape index (κ2) is 8.64. The molecular formula is C21H28N6O4S. The molecule has 0 bridgehead atoms. The average Bonchev–Trinajstić information content (AvgIpc) is 3.17. The number of morpholine rings is 1. The zero-order valence-corrected chi connectivity index (χ0v) is 19.2. The highest BCUT2D eigenvalue weighted by molar-refractivity contribution is 7.26. The van der Waals surface area contributed by atoms with E-state index in [1.165, 1.54) is 16.9 Å². The third-order valence-electron chi connectivity index (χ3n) is 6.05. The second-order valence-electron chi connectivity index (χ2n) is 8.72. The molecule has 1 saturated heterocycles. The molecule has 2 aliphatic heterocycles. The van der Waals surface area contributed by atoms with Crippen molar-refractivity contribution in [1.82, 2.24) is 20.4 Å². The Bertz CT molecular complexity index is 1120. The lowest BCUT2D eigenvalue weighted by Gasteiger charge is -2.36. The first-order valence-corrected chi connectivity index (χ1v) is 11.7. The van der Waals surface area contributed by atoms with Crippen molar-refractivity contribution in [3.63, 3.8) is 0 Å². The van der Waals surface area contributed by atoms with Gasteiger partial charge in [-0.05, 0) is 24.6 Å². The van der Waals surface area contributed by atoms with E-state index in [2.05, 4.69) is 34.2 Å². The minimum atomic E-state index is -0.291. The Labute approximate surface area is 189 Å². The summed E-state index contributed by atoms with van der Waals surface area (Å²) >= 11 is 1.54. The van der Waals surface area contributed by atoms with E-state index in [-0.39, 0.29) is 18.8 Å². The molecule has 1 fully saturated rings. The number of aliphatic hydroxyl groups excluding tert-OH is 2. The third-order valence-corrected chi connectivity index (χ3v) is 7.12. The van der Waals surface area contributed by atoms with Gasteiger partial charge in [-0.2, -0.15) is 0 Å². The Morgan fingerprint density at radius 3 is 2.56 bits per heavy atom. The molecule has 11 heteroatoms. The molecule has 0 aromatic carbocycles. The van der Waals surface area contributed by atoms with Crippen LogP contribution in [0.2, 0.25) is 0 Å². The van der Waals surface area contributed by atoms with Crippen LogP contribution in [0.1, 0.15) is 25.0 Å². The predicted octanol–water partition coefficient (Wildman–Crippen LogP) is 1.11. The van der Waals surface area contributed by atoms with E-state index in [0.717, 1.165) is 51.3 Å². The quantitative estimate of drug-likeness (QED) is 0.554. The number of aromatic nitrogens is 4. The Morgan fingerprint density at radius 1 is 1.09 bits per heavy atom. The summed E-state index contributed by atoms with van der Waals surface area (Å²) in [5, 5.41) is 32.7. The lowest BCUT2D eigenvalue weighted by molar-refractivity contribution is -0.0396. The summed E-state index contributed by atoms with van der Waals surface area (Å²) in [6, 6.07) is 0. The van der Waals surface area contributed by atoms with Crippen LogP contribution >= 0.6 is 11.3 Å². The summed E-state index contributed by atoms with van der Waals surface area (Å²) in [4.78, 5) is 10.1. The Morgan fingerprint density at radius 2 is 1.84 bits per heavy atom. The number of rotatable bonds is 6. The number of anilines is 2. The van der Waals surface area contributed by atoms with Crippen LogP contribution in [0.15, 0.2) is 0 Å². The van der Waals surface area contributed by atoms with Gasteiger partial charge in [-0.1, -0.05) is 0 Å². The molecule has 10 nitrogen and oxygen atoms in total. The van der Waals surface area contributed by atoms with E-state index in [4.69, 9.17) is 14.5 Å². The number of ether oxygens (including phenoxy) is 2. The lowest BCUT2D eigenvalue weighted by atomic mass is 9.90. The molecule has 0 amide bonds. The number of hydrogen-bond donors (Lipinski definition) is 2. The molecule has 32 heavy (non-hydrogen) atoms. The van der Waals surface area contributed by atoms with E-state index in [1.807, 2.05) is 4.90 Å². The van der Waals surface area contributed by atoms with Crippen molar-refractivity contribution in [2.24, 2.45) is 0 Å². The molecule has 3 aromatic rings. The van der Waals surface area contributed by atoms with Gasteiger partial charge < -0.3 is 29.5 Å². The molecule has 0 radical (unpaired) electrons. The third kappa shape index (κ3) is 3.77. The maximum Gasteiger partial charge on any atom is 0.172 e. The Kier molecular flexibility index (Phi) is 5.84. The van der Waals surface area contributed by atoms with Crippen molar-refractivity contribution in [1.29, 1.82) is 0 Å². The minimum Gasteiger partial charge on any atom is -0.395 e. The van der Waals surface area contributed by atoms with Crippen LogP contribution in [0.4, 0.5) is 11.6 Å². The highest BCUT2D eigenvalue weighted by Crippen LogP contribution is 2.44. The summed E-state index contributed by atoms with van der Waals surface area (Å²) in [7, 11) is 0. The fourth-order valence-corrected chi connectivity index (χ4v) is 5.66. The summed E-state index contributed by atoms with van der Waals surface area (Å²) in [5.74, 6) is 1.58. The van der Waals surface area contributed by atoms with E-state index in [1.54, 1.807) is 0 Å². The van der Waals surface area contributed by atoms with Crippen LogP contribution in [-0.4, -0.2) is 88.8 Å². The van der Waals surface area contributed by atoms with Crippen molar-refractivity contribution >= 4 is 43.4 Å². The van der Waals surface area contributed by atoms with Gasteiger partial charge in [0.05, 0.1) is 38.6 Å². The Balaban J connectivity index is 1.75. The van der Waals surface area contributed by atoms with Gasteiger partial charge in [-0.15, -0.1) is 21.5 Å². The van der Waals surface area contributed by atoms with Crippen molar-refractivity contribution < 1.29 is 19.7 Å². The number of nitrogens with zero attached hydrogens (tertiary/aromatic N) is 6. The molecule has 3 aromatic heterocycles. The first-order chi connectivity index (χ1) is 15.5. The normalized spacial score (nSPS) is 18.3. The van der Waals surface area contributed by atoms with Crippen molar-refractivity contribution in [2.75, 3.05) is 62.4 Å². The predicted molar refractivity (Wildman–Crippen MR) is 122 cm³/mol. The number of aliphatic hydroxyl groups is 2. The van der Waals surface area contributed by atoms with Gasteiger partial charge in [0, 0.05) is 43.5 Å². The maximum atomic E-state index is 9.51. The first kappa shape index (κ1) is 21.7. The molecule has 0 aliphatic carbocycles. The molecule has 0 spiro atoms. The van der Waals surface area contributed by atoms with Gasteiger partial charge in [0.25, 0.3) is 0 Å². The molecule has 0 unspecified atom stereocenters. The second-order valence-corrected chi connectivity index (χ2v) is 9.72. The van der Waals surface area contributed by atoms with Crippen molar-refractivity contribution in [3.8, 4) is 0 Å². The molecule has 172 valence electrons. The first-order valence-electron chi connectivity index (χ1n) is 10.9. The van der Waals surface area contributed by atoms with Crippen LogP contribution < -0.4 is 9.80 Å². The fraction of sp³-hybridized carbons (Fsp3) is 0.619. The fourth-order valence-electron chi connectivity index (χ4n) is 4.51. The monoisotopic (exact) mass is 460 g/mol. The number of thiophene rings is 1. The van der Waals surface area contributed by atoms with Gasteiger partial charge in [0.2, 0.25) is 0 Å². The zero-order valence-electron chi connectivity index (χ0n) is 18.4. The molecule has 2 aliphatic rings. The largest absolute Gasteiger partial charge is 0.395 e. The minimum absolute atomic E-state index is 0.0449. The number of pyridine rings is 1. The van der Waals surface area contributed by atoms with Gasteiger partial charge in [-0.25, -0.2) is 4.98 Å². The lowest BCUT2D eigenvalue weighted by Crippen LogP contribution is -2.39. The van der Waals surface area contributed by atoms with Gasteiger partial charge in [-0.3, -0.25) is 0 Å². The summed E-state index contributed by atoms with van der Waals surface area (Å²) < 4.78 is 12.6. The van der Waals surface area contributed by atoms with Crippen molar-refractivity contribution in [2.45, 2.75) is 32.5 Å². The van der Waals surface area contributed by atoms with E-state index in [9.17, 15) is 10.2 Å². The standard InChI is InChI=1S/C21H28N6O4S/c1-21(2)11-13-14(12-31-21)18(27-5-9-30-10-6-27)22-20-15(13)16-17(32-20)19(24-25-23-16)26(3-7-28)4-8-29/h28-29H,3-12H2,1-2H3. The van der Waals surface area contributed by atoms with E-state index >= 15 is 0 Å². The van der Waals surface area contributed by atoms with Gasteiger partial charge in [0.15, 0.2) is 5.82 Å². The number of fused-ring (bicyclic) bond motifs is 5. The van der Waals surface area contributed by atoms with Crippen LogP contribution in [-0.2, 0) is 22.5 Å². The highest BCUT2D eigenvalue weighted by Gasteiger charge is 2.33. The van der Waals surface area contributed by atoms with Crippen LogP contribution in [0, 0.1) is 0 Å². The zero-order chi connectivity index (χ0) is 22.3. The molecule has 5 heterocycles. The Hall–Kier alpha value is -2.18. The molecule has 0 atom stereocenters. The SMILES string of the molecule is CC1(C)Cc2c(c(N3CCOCC3)nc3sc4c(N(CCO)CCO)nnnc4c23)CO1. The van der Waals surface area contributed by atoms with E-state index in [0.29, 0.717) is 38.7 Å². The topological polar surface area (TPSA) is 117 Å². The van der Waals surface area contributed by atoms with Crippen molar-refractivity contribution in [3.05, 3.63) is 11.1 Å². The molecule has 0 saturated carbocycles. The van der Waals surface area contributed by atoms with Crippen LogP contribution in [0.5, 0.6) is 0 Å². The maximum absolute atomic E-state index is 9.51. The molecular weight excluding hydrogens is 432 g/mol. The average molecular weight is 461 g/mol. The highest BCUT2D eigenvalue weighted by atomic mass is 32.1. The smallest absolute Gasteiger partial charge is 0.172 e. The van der Waals surface area contributed by atoms with Gasteiger partial charge in [0.1, 0.15) is 20.9 Å². The summed E-state index contributed by atoms with van der Waals surface area (Å²) in [5.41, 5.74) is 2.80. The summed E-state index contributed by atoms with van der Waals surface area (Å²) in [6.45, 7) is 8.30.